The highest BCUT2D eigenvalue weighted by Crippen LogP contribution is 2.30. The van der Waals surface area contributed by atoms with Crippen molar-refractivity contribution in [2.75, 3.05) is 25.1 Å². The predicted molar refractivity (Wildman–Crippen MR) is 91.7 cm³/mol. The third-order valence-corrected chi connectivity index (χ3v) is 4.30. The number of halogens is 2. The third-order valence-electron chi connectivity index (χ3n) is 4.30. The molecule has 0 bridgehead atoms. The van der Waals surface area contributed by atoms with Gasteiger partial charge in [0.2, 0.25) is 5.91 Å². The summed E-state index contributed by atoms with van der Waals surface area (Å²) >= 11 is 0. The van der Waals surface area contributed by atoms with E-state index in [1.54, 1.807) is 12.0 Å². The van der Waals surface area contributed by atoms with E-state index in [4.69, 9.17) is 4.74 Å². The maximum Gasteiger partial charge on any atom is 0.239 e. The summed E-state index contributed by atoms with van der Waals surface area (Å²) < 4.78 is 32.8. The second kappa shape index (κ2) is 7.51. The van der Waals surface area contributed by atoms with Crippen LogP contribution in [0.2, 0.25) is 0 Å². The first-order valence-corrected chi connectivity index (χ1v) is 8.20. The molecule has 132 valence electrons. The van der Waals surface area contributed by atoms with Crippen LogP contribution in [0.1, 0.15) is 17.5 Å². The fourth-order valence-electron chi connectivity index (χ4n) is 3.17. The molecule has 2 aromatic carbocycles. The summed E-state index contributed by atoms with van der Waals surface area (Å²) in [5, 5.41) is 2.83. The largest absolute Gasteiger partial charge is 0.496 e. The number of nitrogens with zero attached hydrogens (tertiary/aromatic N) is 1. The van der Waals surface area contributed by atoms with Crippen LogP contribution >= 0.6 is 0 Å². The molecule has 0 aliphatic carbocycles. The molecule has 6 heteroatoms. The summed E-state index contributed by atoms with van der Waals surface area (Å²) in [4.78, 5) is 14.0. The van der Waals surface area contributed by atoms with Crippen molar-refractivity contribution in [2.45, 2.75) is 19.4 Å². The van der Waals surface area contributed by atoms with Crippen molar-refractivity contribution in [3.63, 3.8) is 0 Å². The highest BCUT2D eigenvalue weighted by atomic mass is 19.1. The summed E-state index contributed by atoms with van der Waals surface area (Å²) in [6.45, 7) is 0.928. The van der Waals surface area contributed by atoms with Crippen LogP contribution in [0.25, 0.3) is 0 Å². The molecule has 2 aromatic rings. The lowest BCUT2D eigenvalue weighted by Crippen LogP contribution is -2.40. The molecule has 4 nitrogen and oxygen atoms in total. The number of hydrogen-bond donors (Lipinski definition) is 1. The van der Waals surface area contributed by atoms with Gasteiger partial charge in [-0.2, -0.15) is 0 Å². The maximum absolute atomic E-state index is 14.2. The number of carbonyl (C=O) groups is 1. The lowest BCUT2D eigenvalue weighted by Gasteiger charge is -2.31. The van der Waals surface area contributed by atoms with Crippen LogP contribution in [0.3, 0.4) is 0 Å². The maximum atomic E-state index is 14.2. The summed E-state index contributed by atoms with van der Waals surface area (Å²) in [5.41, 5.74) is 1.81. The van der Waals surface area contributed by atoms with E-state index in [0.717, 1.165) is 18.1 Å². The molecule has 25 heavy (non-hydrogen) atoms. The molecule has 3 rings (SSSR count). The molecule has 1 amide bonds. The molecule has 0 fully saturated rings. The van der Waals surface area contributed by atoms with Crippen molar-refractivity contribution in [1.82, 2.24) is 5.32 Å². The van der Waals surface area contributed by atoms with Crippen LogP contribution in [0.15, 0.2) is 36.4 Å². The van der Waals surface area contributed by atoms with Crippen molar-refractivity contribution in [3.05, 3.63) is 59.2 Å². The number of ether oxygens (including phenoxy) is 1. The van der Waals surface area contributed by atoms with Gasteiger partial charge in [0.05, 0.1) is 19.3 Å². The van der Waals surface area contributed by atoms with Gasteiger partial charge in [-0.3, -0.25) is 4.79 Å². The van der Waals surface area contributed by atoms with Gasteiger partial charge in [0.25, 0.3) is 0 Å². The Kier molecular flexibility index (Phi) is 5.16. The van der Waals surface area contributed by atoms with Crippen molar-refractivity contribution in [2.24, 2.45) is 0 Å². The standard InChI is InChI=1S/C19H20F2N2O2/c1-25-17-7-3-2-5-14(17)11-22-18(24)12-23-8-4-6-13-9-15(20)10-16(21)19(13)23/h2-3,5,7,9-10H,4,6,8,11-12H2,1H3,(H,22,24). The molecule has 1 heterocycles. The molecule has 0 saturated carbocycles. The molecular weight excluding hydrogens is 326 g/mol. The lowest BCUT2D eigenvalue weighted by atomic mass is 10.0. The molecule has 0 atom stereocenters. The minimum atomic E-state index is -0.618. The van der Waals surface area contributed by atoms with Gasteiger partial charge < -0.3 is 15.0 Å². The molecule has 0 spiro atoms. The number of anilines is 1. The quantitative estimate of drug-likeness (QED) is 0.905. The van der Waals surface area contributed by atoms with Crippen molar-refractivity contribution in [3.8, 4) is 5.75 Å². The Morgan fingerprint density at radius 2 is 2.08 bits per heavy atom. The zero-order valence-electron chi connectivity index (χ0n) is 14.0. The molecular formula is C19H20F2N2O2. The fraction of sp³-hybridized carbons (Fsp3) is 0.316. The number of fused-ring (bicyclic) bond motifs is 1. The minimum Gasteiger partial charge on any atom is -0.496 e. The minimum absolute atomic E-state index is 0.0324. The number of methoxy groups -OCH3 is 1. The number of aryl methyl sites for hydroxylation is 1. The molecule has 1 aliphatic heterocycles. The SMILES string of the molecule is COc1ccccc1CNC(=O)CN1CCCc2cc(F)cc(F)c21. The average Bonchev–Trinajstić information content (AvgIpc) is 2.59. The van der Waals surface area contributed by atoms with Crippen LogP contribution in [0.5, 0.6) is 5.75 Å². The highest BCUT2D eigenvalue weighted by molar-refractivity contribution is 5.82. The highest BCUT2D eigenvalue weighted by Gasteiger charge is 2.23. The van der Waals surface area contributed by atoms with Gasteiger partial charge in [0.15, 0.2) is 0 Å². The summed E-state index contributed by atoms with van der Waals surface area (Å²) in [5.74, 6) is -0.721. The second-order valence-corrected chi connectivity index (χ2v) is 6.01. The van der Waals surface area contributed by atoms with E-state index in [0.29, 0.717) is 36.5 Å². The van der Waals surface area contributed by atoms with Crippen LogP contribution in [-0.4, -0.2) is 26.1 Å². The van der Waals surface area contributed by atoms with Gasteiger partial charge in [-0.1, -0.05) is 18.2 Å². The first-order valence-electron chi connectivity index (χ1n) is 8.20. The lowest BCUT2D eigenvalue weighted by molar-refractivity contribution is -0.119. The number of hydrogen-bond acceptors (Lipinski definition) is 3. The third kappa shape index (κ3) is 3.90. The van der Waals surface area contributed by atoms with E-state index in [-0.39, 0.29) is 12.5 Å². The van der Waals surface area contributed by atoms with E-state index in [2.05, 4.69) is 5.32 Å². The summed E-state index contributed by atoms with van der Waals surface area (Å²) in [6.07, 6.45) is 1.37. The van der Waals surface area contributed by atoms with Crippen LogP contribution in [-0.2, 0) is 17.8 Å². The van der Waals surface area contributed by atoms with E-state index < -0.39 is 11.6 Å². The normalized spacial score (nSPS) is 13.3. The van der Waals surface area contributed by atoms with Gasteiger partial charge in [-0.05, 0) is 30.5 Å². The first kappa shape index (κ1) is 17.2. The number of amides is 1. The first-order chi connectivity index (χ1) is 12.1. The van der Waals surface area contributed by atoms with Crippen LogP contribution in [0, 0.1) is 11.6 Å². The van der Waals surface area contributed by atoms with E-state index in [9.17, 15) is 13.6 Å². The molecule has 1 N–H and O–H groups in total. The van der Waals surface area contributed by atoms with Crippen molar-refractivity contribution in [1.29, 1.82) is 0 Å². The average molecular weight is 346 g/mol. The molecule has 0 saturated heterocycles. The molecule has 0 radical (unpaired) electrons. The Bertz CT molecular complexity index is 780. The van der Waals surface area contributed by atoms with Gasteiger partial charge in [-0.15, -0.1) is 0 Å². The summed E-state index contributed by atoms with van der Waals surface area (Å²) in [6, 6.07) is 9.64. The fourth-order valence-corrected chi connectivity index (χ4v) is 3.17. The smallest absolute Gasteiger partial charge is 0.239 e. The zero-order chi connectivity index (χ0) is 17.8. The molecule has 1 aliphatic rings. The number of carbonyl (C=O) groups excluding carboxylic acids is 1. The monoisotopic (exact) mass is 346 g/mol. The van der Waals surface area contributed by atoms with Crippen LogP contribution < -0.4 is 15.0 Å². The number of nitrogens with one attached hydrogen (secondary N) is 1. The summed E-state index contributed by atoms with van der Waals surface area (Å²) in [7, 11) is 1.58. The number of benzene rings is 2. The zero-order valence-corrected chi connectivity index (χ0v) is 14.0. The Morgan fingerprint density at radius 1 is 1.28 bits per heavy atom. The van der Waals surface area contributed by atoms with Gasteiger partial charge >= 0.3 is 0 Å². The number of rotatable bonds is 5. The Labute approximate surface area is 145 Å². The van der Waals surface area contributed by atoms with Gasteiger partial charge in [0, 0.05) is 24.7 Å². The number of para-hydroxylation sites is 1. The van der Waals surface area contributed by atoms with E-state index in [1.165, 1.54) is 6.07 Å². The topological polar surface area (TPSA) is 41.6 Å². The van der Waals surface area contributed by atoms with Gasteiger partial charge in [-0.25, -0.2) is 8.78 Å². The Balaban J connectivity index is 1.67. The van der Waals surface area contributed by atoms with E-state index in [1.807, 2.05) is 24.3 Å². The van der Waals surface area contributed by atoms with Crippen molar-refractivity contribution >= 4 is 11.6 Å². The van der Waals surface area contributed by atoms with Gasteiger partial charge in [0.1, 0.15) is 17.4 Å². The second-order valence-electron chi connectivity index (χ2n) is 6.01. The van der Waals surface area contributed by atoms with Crippen molar-refractivity contribution < 1.29 is 18.3 Å². The molecule has 0 aromatic heterocycles. The van der Waals surface area contributed by atoms with E-state index >= 15 is 0 Å². The van der Waals surface area contributed by atoms with Crippen LogP contribution in [0.4, 0.5) is 14.5 Å². The predicted octanol–water partition coefficient (Wildman–Crippen LogP) is 3.04. The Hall–Kier alpha value is -2.63. The Morgan fingerprint density at radius 3 is 2.88 bits per heavy atom. The molecule has 0 unspecified atom stereocenters.